The molecule has 0 saturated carbocycles. The van der Waals surface area contributed by atoms with Crippen LogP contribution >= 0.6 is 0 Å². The zero-order valence-electron chi connectivity index (χ0n) is 10.9. The molecule has 0 unspecified atom stereocenters. The minimum Gasteiger partial charge on any atom is -0.486 e. The summed E-state index contributed by atoms with van der Waals surface area (Å²) >= 11 is 0. The quantitative estimate of drug-likeness (QED) is 0.899. The molecule has 0 radical (unpaired) electrons. The second-order valence-electron chi connectivity index (χ2n) is 4.46. The Hall–Kier alpha value is -1.94. The second-order valence-corrected chi connectivity index (χ2v) is 4.46. The van der Waals surface area contributed by atoms with Crippen LogP contribution in [0.5, 0.6) is 5.75 Å². The van der Waals surface area contributed by atoms with Crippen LogP contribution < -0.4 is 10.5 Å². The molecule has 0 aliphatic heterocycles. The van der Waals surface area contributed by atoms with Gasteiger partial charge in [-0.3, -0.25) is 4.98 Å². The van der Waals surface area contributed by atoms with Gasteiger partial charge in [0, 0.05) is 18.0 Å². The van der Waals surface area contributed by atoms with Gasteiger partial charge < -0.3 is 10.5 Å². The highest BCUT2D eigenvalue weighted by molar-refractivity contribution is 5.30. The molecule has 2 aromatic rings. The standard InChI is InChI=1S/C15H17FN2O/c1-11-6-13(9-18-8-11)10-19-15-3-2-12(4-5-17)7-14(15)16/h2-3,6-9H,4-5,10,17H2,1H3. The monoisotopic (exact) mass is 260 g/mol. The van der Waals surface area contributed by atoms with Gasteiger partial charge in [0.25, 0.3) is 0 Å². The summed E-state index contributed by atoms with van der Waals surface area (Å²) in [5.41, 5.74) is 8.29. The molecule has 1 heterocycles. The van der Waals surface area contributed by atoms with Crippen molar-refractivity contribution in [2.24, 2.45) is 5.73 Å². The Bertz CT molecular complexity index is 558. The van der Waals surface area contributed by atoms with E-state index in [1.807, 2.05) is 19.1 Å². The van der Waals surface area contributed by atoms with Gasteiger partial charge in [-0.1, -0.05) is 6.07 Å². The molecule has 0 atom stereocenters. The van der Waals surface area contributed by atoms with Gasteiger partial charge in [-0.05, 0) is 49.2 Å². The van der Waals surface area contributed by atoms with E-state index in [0.717, 1.165) is 16.7 Å². The van der Waals surface area contributed by atoms with Gasteiger partial charge >= 0.3 is 0 Å². The lowest BCUT2D eigenvalue weighted by Gasteiger charge is -2.08. The predicted octanol–water partition coefficient (Wildman–Crippen LogP) is 2.61. The molecule has 1 aromatic carbocycles. The zero-order valence-corrected chi connectivity index (χ0v) is 10.9. The maximum absolute atomic E-state index is 13.8. The molecule has 0 spiro atoms. The molecule has 0 saturated heterocycles. The van der Waals surface area contributed by atoms with Crippen LogP contribution in [0, 0.1) is 12.7 Å². The van der Waals surface area contributed by atoms with Crippen molar-refractivity contribution in [1.82, 2.24) is 4.98 Å². The largest absolute Gasteiger partial charge is 0.486 e. The minimum absolute atomic E-state index is 0.252. The van der Waals surface area contributed by atoms with Crippen LogP contribution in [-0.4, -0.2) is 11.5 Å². The summed E-state index contributed by atoms with van der Waals surface area (Å²) in [6.07, 6.45) is 4.15. The fourth-order valence-electron chi connectivity index (χ4n) is 1.84. The molecule has 0 aliphatic rings. The van der Waals surface area contributed by atoms with Crippen LogP contribution in [0.15, 0.2) is 36.7 Å². The molecular weight excluding hydrogens is 243 g/mol. The summed E-state index contributed by atoms with van der Waals surface area (Å²) in [6.45, 7) is 2.77. The highest BCUT2D eigenvalue weighted by Crippen LogP contribution is 2.19. The van der Waals surface area contributed by atoms with E-state index >= 15 is 0 Å². The third kappa shape index (κ3) is 3.76. The van der Waals surface area contributed by atoms with Crippen LogP contribution in [0.2, 0.25) is 0 Å². The molecule has 0 fully saturated rings. The fraction of sp³-hybridized carbons (Fsp3) is 0.267. The summed E-state index contributed by atoms with van der Waals surface area (Å²) in [5, 5.41) is 0. The molecule has 100 valence electrons. The summed E-state index contributed by atoms with van der Waals surface area (Å²) in [6, 6.07) is 6.91. The van der Waals surface area contributed by atoms with Gasteiger partial charge in [0.1, 0.15) is 6.61 Å². The first kappa shape index (κ1) is 13.5. The first-order valence-electron chi connectivity index (χ1n) is 6.21. The van der Waals surface area contributed by atoms with E-state index in [2.05, 4.69) is 4.98 Å². The third-order valence-corrected chi connectivity index (χ3v) is 2.76. The average Bonchev–Trinajstić information content (AvgIpc) is 2.38. The number of halogens is 1. The summed E-state index contributed by atoms with van der Waals surface area (Å²) < 4.78 is 19.2. The third-order valence-electron chi connectivity index (χ3n) is 2.76. The van der Waals surface area contributed by atoms with Crippen LogP contribution in [0.25, 0.3) is 0 Å². The van der Waals surface area contributed by atoms with Crippen LogP contribution in [0.1, 0.15) is 16.7 Å². The zero-order chi connectivity index (χ0) is 13.7. The summed E-state index contributed by atoms with van der Waals surface area (Å²) in [5.74, 6) is -0.103. The normalized spacial score (nSPS) is 10.5. The molecular formula is C15H17FN2O. The van der Waals surface area contributed by atoms with Crippen molar-refractivity contribution in [2.75, 3.05) is 6.54 Å². The maximum atomic E-state index is 13.8. The van der Waals surface area contributed by atoms with Crippen LogP contribution in [0.3, 0.4) is 0 Å². The Kier molecular flexibility index (Phi) is 4.47. The highest BCUT2D eigenvalue weighted by atomic mass is 19.1. The van der Waals surface area contributed by atoms with E-state index in [0.29, 0.717) is 19.6 Å². The maximum Gasteiger partial charge on any atom is 0.165 e. The number of hydrogen-bond acceptors (Lipinski definition) is 3. The van der Waals surface area contributed by atoms with Crippen LogP contribution in [-0.2, 0) is 13.0 Å². The molecule has 0 aliphatic carbocycles. The molecule has 0 bridgehead atoms. The number of aryl methyl sites for hydroxylation is 1. The van der Waals surface area contributed by atoms with Gasteiger partial charge in [0.2, 0.25) is 0 Å². The molecule has 2 rings (SSSR count). The first-order valence-corrected chi connectivity index (χ1v) is 6.21. The number of aromatic nitrogens is 1. The van der Waals surface area contributed by atoms with Crippen molar-refractivity contribution in [1.29, 1.82) is 0 Å². The average molecular weight is 260 g/mol. The van der Waals surface area contributed by atoms with E-state index in [-0.39, 0.29) is 11.6 Å². The number of rotatable bonds is 5. The lowest BCUT2D eigenvalue weighted by molar-refractivity contribution is 0.289. The van der Waals surface area contributed by atoms with E-state index in [1.165, 1.54) is 6.07 Å². The number of ether oxygens (including phenoxy) is 1. The number of hydrogen-bond donors (Lipinski definition) is 1. The summed E-state index contributed by atoms with van der Waals surface area (Å²) in [7, 11) is 0. The first-order chi connectivity index (χ1) is 9.19. The van der Waals surface area contributed by atoms with Crippen molar-refractivity contribution in [3.8, 4) is 5.75 Å². The number of nitrogens with two attached hydrogens (primary N) is 1. The highest BCUT2D eigenvalue weighted by Gasteiger charge is 2.05. The van der Waals surface area contributed by atoms with Crippen LogP contribution in [0.4, 0.5) is 4.39 Å². The van der Waals surface area contributed by atoms with Crippen molar-refractivity contribution in [3.05, 3.63) is 59.2 Å². The Labute approximate surface area is 112 Å². The number of pyridine rings is 1. The Balaban J connectivity index is 2.03. The fourth-order valence-corrected chi connectivity index (χ4v) is 1.84. The lowest BCUT2D eigenvalue weighted by Crippen LogP contribution is -2.04. The Morgan fingerprint density at radius 3 is 2.74 bits per heavy atom. The lowest BCUT2D eigenvalue weighted by atomic mass is 10.1. The second kappa shape index (κ2) is 6.29. The van der Waals surface area contributed by atoms with Crippen molar-refractivity contribution >= 4 is 0 Å². The van der Waals surface area contributed by atoms with E-state index in [9.17, 15) is 4.39 Å². The number of nitrogens with zero attached hydrogens (tertiary/aromatic N) is 1. The SMILES string of the molecule is Cc1cncc(COc2ccc(CCN)cc2F)c1. The topological polar surface area (TPSA) is 48.1 Å². The minimum atomic E-state index is -0.355. The van der Waals surface area contributed by atoms with Gasteiger partial charge in [-0.25, -0.2) is 4.39 Å². The molecule has 2 N–H and O–H groups in total. The smallest absolute Gasteiger partial charge is 0.165 e. The number of benzene rings is 1. The molecule has 0 amide bonds. The van der Waals surface area contributed by atoms with Crippen molar-refractivity contribution < 1.29 is 9.13 Å². The van der Waals surface area contributed by atoms with Gasteiger partial charge in [0.05, 0.1) is 0 Å². The molecule has 1 aromatic heterocycles. The van der Waals surface area contributed by atoms with E-state index in [1.54, 1.807) is 18.5 Å². The Morgan fingerprint density at radius 1 is 1.21 bits per heavy atom. The Morgan fingerprint density at radius 2 is 2.05 bits per heavy atom. The summed E-state index contributed by atoms with van der Waals surface area (Å²) in [4.78, 5) is 4.07. The molecule has 3 nitrogen and oxygen atoms in total. The predicted molar refractivity (Wildman–Crippen MR) is 72.5 cm³/mol. The van der Waals surface area contributed by atoms with Gasteiger partial charge in [0.15, 0.2) is 11.6 Å². The van der Waals surface area contributed by atoms with Gasteiger partial charge in [-0.2, -0.15) is 0 Å². The van der Waals surface area contributed by atoms with E-state index in [4.69, 9.17) is 10.5 Å². The molecule has 4 heteroatoms. The van der Waals surface area contributed by atoms with Crippen molar-refractivity contribution in [3.63, 3.8) is 0 Å². The van der Waals surface area contributed by atoms with E-state index < -0.39 is 0 Å². The van der Waals surface area contributed by atoms with Gasteiger partial charge in [-0.15, -0.1) is 0 Å². The van der Waals surface area contributed by atoms with Crippen molar-refractivity contribution in [2.45, 2.75) is 20.0 Å². The molecule has 19 heavy (non-hydrogen) atoms.